The first-order valence-corrected chi connectivity index (χ1v) is 10.4. The third kappa shape index (κ3) is 4.75. The van der Waals surface area contributed by atoms with Crippen molar-refractivity contribution in [1.29, 1.82) is 0 Å². The summed E-state index contributed by atoms with van der Waals surface area (Å²) in [6.45, 7) is 8.13. The second kappa shape index (κ2) is 8.65. The smallest absolute Gasteiger partial charge is 0.263 e. The fourth-order valence-corrected chi connectivity index (χ4v) is 4.42. The van der Waals surface area contributed by atoms with E-state index in [0.717, 1.165) is 35.7 Å². The number of aromatic nitrogens is 1. The fourth-order valence-electron chi connectivity index (χ4n) is 3.31. The normalized spacial score (nSPS) is 17.2. The number of rotatable bonds is 5. The highest BCUT2D eigenvalue weighted by molar-refractivity contribution is 7.13. The van der Waals surface area contributed by atoms with Gasteiger partial charge in [-0.1, -0.05) is 32.0 Å². The molecule has 0 saturated carbocycles. The number of aryl methyl sites for hydroxylation is 1. The molecule has 0 radical (unpaired) electrons. The average molecular weight is 386 g/mol. The van der Waals surface area contributed by atoms with E-state index in [1.807, 2.05) is 42.2 Å². The summed E-state index contributed by atoms with van der Waals surface area (Å²) in [5.74, 6) is 0.640. The summed E-state index contributed by atoms with van der Waals surface area (Å²) >= 11 is 1.47. The molecule has 1 aliphatic rings. The topological polar surface area (TPSA) is 62.3 Å². The SMILES string of the molecule is Cc1nc(C2CCCN(C(=O)c3ccccc3)C2)sc1C(=O)NCC(C)C. The average Bonchev–Trinajstić information content (AvgIpc) is 3.08. The van der Waals surface area contributed by atoms with E-state index in [1.54, 1.807) is 0 Å². The van der Waals surface area contributed by atoms with Crippen LogP contribution in [0.5, 0.6) is 0 Å². The van der Waals surface area contributed by atoms with Gasteiger partial charge in [-0.05, 0) is 37.8 Å². The molecule has 1 N–H and O–H groups in total. The lowest BCUT2D eigenvalue weighted by molar-refractivity contribution is 0.0707. The highest BCUT2D eigenvalue weighted by atomic mass is 32.1. The molecule has 0 aliphatic carbocycles. The van der Waals surface area contributed by atoms with E-state index < -0.39 is 0 Å². The quantitative estimate of drug-likeness (QED) is 0.850. The number of nitrogens with zero attached hydrogens (tertiary/aromatic N) is 2. The molecule has 2 aromatic rings. The Balaban J connectivity index is 1.70. The Bertz CT molecular complexity index is 801. The van der Waals surface area contributed by atoms with E-state index in [9.17, 15) is 9.59 Å². The molecule has 2 amide bonds. The van der Waals surface area contributed by atoms with E-state index in [2.05, 4.69) is 24.1 Å². The van der Waals surface area contributed by atoms with Crippen LogP contribution in [0.2, 0.25) is 0 Å². The molecule has 1 saturated heterocycles. The number of carbonyl (C=O) groups is 2. The van der Waals surface area contributed by atoms with E-state index in [4.69, 9.17) is 0 Å². The van der Waals surface area contributed by atoms with Crippen LogP contribution < -0.4 is 5.32 Å². The molecule has 2 heterocycles. The minimum absolute atomic E-state index is 0.0435. The Morgan fingerprint density at radius 2 is 2.04 bits per heavy atom. The Morgan fingerprint density at radius 3 is 2.74 bits per heavy atom. The Kier molecular flexibility index (Phi) is 6.26. The van der Waals surface area contributed by atoms with Gasteiger partial charge in [0, 0.05) is 31.1 Å². The molecule has 27 heavy (non-hydrogen) atoms. The number of likely N-dealkylation sites (tertiary alicyclic amines) is 1. The van der Waals surface area contributed by atoms with Crippen molar-refractivity contribution < 1.29 is 9.59 Å². The lowest BCUT2D eigenvalue weighted by Crippen LogP contribution is -2.39. The van der Waals surface area contributed by atoms with Crippen molar-refractivity contribution in [3.8, 4) is 0 Å². The van der Waals surface area contributed by atoms with Gasteiger partial charge in [-0.2, -0.15) is 0 Å². The molecule has 3 rings (SSSR count). The predicted molar refractivity (Wildman–Crippen MR) is 108 cm³/mol. The number of carbonyl (C=O) groups excluding carboxylic acids is 2. The number of amides is 2. The van der Waals surface area contributed by atoms with Gasteiger partial charge in [-0.3, -0.25) is 9.59 Å². The summed E-state index contributed by atoms with van der Waals surface area (Å²) in [4.78, 5) is 32.4. The minimum atomic E-state index is -0.0435. The summed E-state index contributed by atoms with van der Waals surface area (Å²) < 4.78 is 0. The summed E-state index contributed by atoms with van der Waals surface area (Å²) in [5, 5.41) is 3.94. The molecule has 1 aliphatic heterocycles. The van der Waals surface area contributed by atoms with Crippen LogP contribution in [0.3, 0.4) is 0 Å². The molecule has 0 spiro atoms. The van der Waals surface area contributed by atoms with Crippen LogP contribution in [0.4, 0.5) is 0 Å². The van der Waals surface area contributed by atoms with Gasteiger partial charge in [-0.25, -0.2) is 4.98 Å². The van der Waals surface area contributed by atoms with Crippen molar-refractivity contribution in [1.82, 2.24) is 15.2 Å². The molecular weight excluding hydrogens is 358 g/mol. The monoisotopic (exact) mass is 385 g/mol. The van der Waals surface area contributed by atoms with Gasteiger partial charge >= 0.3 is 0 Å². The van der Waals surface area contributed by atoms with Gasteiger partial charge in [0.15, 0.2) is 0 Å². The zero-order chi connectivity index (χ0) is 19.4. The molecule has 0 bridgehead atoms. The van der Waals surface area contributed by atoms with E-state index in [1.165, 1.54) is 11.3 Å². The molecule has 1 aromatic heterocycles. The third-order valence-corrected chi connectivity index (χ3v) is 6.09. The second-order valence-electron chi connectivity index (χ2n) is 7.53. The molecule has 1 unspecified atom stereocenters. The first kappa shape index (κ1) is 19.5. The van der Waals surface area contributed by atoms with Crippen LogP contribution in [0.1, 0.15) is 63.3 Å². The molecule has 1 aromatic carbocycles. The second-order valence-corrected chi connectivity index (χ2v) is 8.56. The molecule has 6 heteroatoms. The van der Waals surface area contributed by atoms with Gasteiger partial charge < -0.3 is 10.2 Å². The first-order valence-electron chi connectivity index (χ1n) is 9.55. The van der Waals surface area contributed by atoms with Gasteiger partial charge in [0.1, 0.15) is 4.88 Å². The highest BCUT2D eigenvalue weighted by Crippen LogP contribution is 2.32. The molecule has 1 atom stereocenters. The Morgan fingerprint density at radius 1 is 1.30 bits per heavy atom. The lowest BCUT2D eigenvalue weighted by atomic mass is 9.98. The fraction of sp³-hybridized carbons (Fsp3) is 0.476. The predicted octanol–water partition coefficient (Wildman–Crippen LogP) is 3.86. The van der Waals surface area contributed by atoms with Crippen molar-refractivity contribution in [2.24, 2.45) is 5.92 Å². The van der Waals surface area contributed by atoms with Gasteiger partial charge in [0.25, 0.3) is 11.8 Å². The van der Waals surface area contributed by atoms with E-state index in [-0.39, 0.29) is 17.7 Å². The number of piperidine rings is 1. The summed E-state index contributed by atoms with van der Waals surface area (Å²) in [7, 11) is 0. The van der Waals surface area contributed by atoms with Crippen LogP contribution in [0, 0.1) is 12.8 Å². The van der Waals surface area contributed by atoms with E-state index in [0.29, 0.717) is 23.9 Å². The zero-order valence-corrected chi connectivity index (χ0v) is 17.0. The highest BCUT2D eigenvalue weighted by Gasteiger charge is 2.28. The number of hydrogen-bond donors (Lipinski definition) is 1. The number of benzene rings is 1. The summed E-state index contributed by atoms with van der Waals surface area (Å²) in [6, 6.07) is 9.41. The van der Waals surface area contributed by atoms with Crippen molar-refractivity contribution in [2.75, 3.05) is 19.6 Å². The van der Waals surface area contributed by atoms with Crippen LogP contribution in [0.25, 0.3) is 0 Å². The largest absolute Gasteiger partial charge is 0.351 e. The number of thiazole rings is 1. The zero-order valence-electron chi connectivity index (χ0n) is 16.2. The maximum absolute atomic E-state index is 12.8. The van der Waals surface area contributed by atoms with E-state index >= 15 is 0 Å². The Labute approximate surface area is 164 Å². The number of nitrogens with one attached hydrogen (secondary N) is 1. The standard InChI is InChI=1S/C21H27N3O2S/c1-14(2)12-22-19(25)18-15(3)23-20(27-18)17-10-7-11-24(13-17)21(26)16-8-5-4-6-9-16/h4-6,8-9,14,17H,7,10-13H2,1-3H3,(H,22,25). The third-order valence-electron chi connectivity index (χ3n) is 4.77. The van der Waals surface area contributed by atoms with Crippen molar-refractivity contribution in [3.63, 3.8) is 0 Å². The number of hydrogen-bond acceptors (Lipinski definition) is 4. The summed E-state index contributed by atoms with van der Waals surface area (Å²) in [6.07, 6.45) is 1.95. The molecule has 1 fully saturated rings. The van der Waals surface area contributed by atoms with Gasteiger partial charge in [0.2, 0.25) is 0 Å². The minimum Gasteiger partial charge on any atom is -0.351 e. The van der Waals surface area contributed by atoms with Crippen LogP contribution in [0.15, 0.2) is 30.3 Å². The molecule has 144 valence electrons. The van der Waals surface area contributed by atoms with Crippen LogP contribution >= 0.6 is 11.3 Å². The Hall–Kier alpha value is -2.21. The molecular formula is C21H27N3O2S. The van der Waals surface area contributed by atoms with Crippen LogP contribution in [-0.4, -0.2) is 41.3 Å². The molecule has 5 nitrogen and oxygen atoms in total. The van der Waals surface area contributed by atoms with Crippen molar-refractivity contribution in [2.45, 2.75) is 39.5 Å². The maximum Gasteiger partial charge on any atom is 0.263 e. The van der Waals surface area contributed by atoms with Crippen molar-refractivity contribution >= 4 is 23.2 Å². The van der Waals surface area contributed by atoms with Gasteiger partial charge in [0.05, 0.1) is 10.7 Å². The maximum atomic E-state index is 12.8. The van der Waals surface area contributed by atoms with Crippen LogP contribution in [-0.2, 0) is 0 Å². The van der Waals surface area contributed by atoms with Gasteiger partial charge in [-0.15, -0.1) is 11.3 Å². The lowest BCUT2D eigenvalue weighted by Gasteiger charge is -2.32. The summed E-state index contributed by atoms with van der Waals surface area (Å²) in [5.41, 5.74) is 1.50. The van der Waals surface area contributed by atoms with Crippen molar-refractivity contribution in [3.05, 3.63) is 51.5 Å². The first-order chi connectivity index (χ1) is 13.0.